The normalized spacial score (nSPS) is 17.5. The molecule has 1 aromatic carbocycles. The van der Waals surface area contributed by atoms with Crippen LogP contribution in [0.2, 0.25) is 0 Å². The second kappa shape index (κ2) is 9.88. The van der Waals surface area contributed by atoms with Crippen LogP contribution in [0.3, 0.4) is 0 Å². The Kier molecular flexibility index (Phi) is 7.07. The number of amides is 2. The van der Waals surface area contributed by atoms with Gasteiger partial charge in [0, 0.05) is 26.2 Å². The quantitative estimate of drug-likeness (QED) is 0.539. The van der Waals surface area contributed by atoms with E-state index in [4.69, 9.17) is 4.74 Å². The number of nitrogens with zero attached hydrogens (tertiary/aromatic N) is 2. The highest BCUT2D eigenvalue weighted by Gasteiger charge is 2.43. The van der Waals surface area contributed by atoms with E-state index in [0.717, 1.165) is 31.4 Å². The lowest BCUT2D eigenvalue weighted by Gasteiger charge is -2.39. The first-order chi connectivity index (χ1) is 16.5. The third-order valence-electron chi connectivity index (χ3n) is 6.49. The number of piperidine rings is 1. The summed E-state index contributed by atoms with van der Waals surface area (Å²) in [5.74, 6) is -0.399. The van der Waals surface area contributed by atoms with Crippen LogP contribution in [-0.4, -0.2) is 66.5 Å². The molecule has 11 heteroatoms. The van der Waals surface area contributed by atoms with Crippen molar-refractivity contribution in [2.45, 2.75) is 32.5 Å². The average molecular weight is 511 g/mol. The third-order valence-corrected chi connectivity index (χ3v) is 7.66. The highest BCUT2D eigenvalue weighted by molar-refractivity contribution is 7.15. The van der Waals surface area contributed by atoms with Gasteiger partial charge in [0.15, 0.2) is 12.4 Å². The first kappa shape index (κ1) is 25.0. The maximum absolute atomic E-state index is 12.8. The summed E-state index contributed by atoms with van der Waals surface area (Å²) in [4.78, 5) is 41.6. The Bertz CT molecular complexity index is 1090. The molecule has 7 nitrogen and oxygen atoms in total. The zero-order chi connectivity index (χ0) is 25.2. The number of likely N-dealkylation sites (tertiary alicyclic amines) is 2. The number of alkyl halides is 3. The van der Waals surface area contributed by atoms with Crippen LogP contribution >= 0.6 is 11.3 Å². The molecule has 1 aromatic heterocycles. The number of halogens is 3. The van der Waals surface area contributed by atoms with Gasteiger partial charge in [-0.1, -0.05) is 0 Å². The number of ether oxygens (including phenoxy) is 2. The maximum atomic E-state index is 12.8. The molecule has 1 spiro atoms. The summed E-state index contributed by atoms with van der Waals surface area (Å²) in [6.07, 6.45) is -2.35. The molecule has 2 amide bonds. The molecule has 0 bridgehead atoms. The first-order valence-electron chi connectivity index (χ1n) is 11.2. The zero-order valence-electron chi connectivity index (χ0n) is 19.1. The molecule has 2 aliphatic rings. The summed E-state index contributed by atoms with van der Waals surface area (Å²) in [6.45, 7) is 3.64. The van der Waals surface area contributed by atoms with Gasteiger partial charge in [-0.15, -0.1) is 24.5 Å². The molecule has 188 valence electrons. The van der Waals surface area contributed by atoms with Crippen molar-refractivity contribution in [2.24, 2.45) is 5.41 Å². The van der Waals surface area contributed by atoms with Gasteiger partial charge in [0.2, 0.25) is 0 Å². The van der Waals surface area contributed by atoms with Crippen LogP contribution in [0.25, 0.3) is 0 Å². The lowest BCUT2D eigenvalue weighted by molar-refractivity contribution is -0.274. The highest BCUT2D eigenvalue weighted by atomic mass is 32.1. The molecule has 2 aliphatic heterocycles. The van der Waals surface area contributed by atoms with Crippen LogP contribution in [0.4, 0.5) is 13.2 Å². The van der Waals surface area contributed by atoms with E-state index in [0.29, 0.717) is 35.9 Å². The standard InChI is InChI=1S/C24H25F3N2O5S/c1-16(30)19-6-7-20(35-19)22(32)28-11-8-23(9-12-28)10-13-29(15-23)21(31)14-33-17-2-4-18(5-3-17)34-24(25,26)27/h2-7H,8-15H2,1H3. The number of ketones is 1. The number of carbonyl (C=O) groups excluding carboxylic acids is 3. The molecule has 0 unspecified atom stereocenters. The molecule has 0 atom stereocenters. The summed E-state index contributed by atoms with van der Waals surface area (Å²) in [6, 6.07) is 8.27. The Labute approximate surface area is 204 Å². The number of carbonyl (C=O) groups is 3. The van der Waals surface area contributed by atoms with Crippen LogP contribution in [0, 0.1) is 5.41 Å². The molecule has 2 fully saturated rings. The summed E-state index contributed by atoms with van der Waals surface area (Å²) in [5, 5.41) is 0. The van der Waals surface area contributed by atoms with Crippen LogP contribution in [-0.2, 0) is 4.79 Å². The van der Waals surface area contributed by atoms with E-state index in [1.54, 1.807) is 21.9 Å². The van der Waals surface area contributed by atoms with E-state index in [1.807, 2.05) is 0 Å². The Morgan fingerprint density at radius 3 is 2.06 bits per heavy atom. The van der Waals surface area contributed by atoms with E-state index in [2.05, 4.69) is 4.74 Å². The van der Waals surface area contributed by atoms with E-state index in [9.17, 15) is 27.6 Å². The Hall–Kier alpha value is -3.08. The molecule has 4 rings (SSSR count). The van der Waals surface area contributed by atoms with Gasteiger partial charge in [-0.3, -0.25) is 14.4 Å². The summed E-state index contributed by atoms with van der Waals surface area (Å²) < 4.78 is 46.0. The molecule has 0 aliphatic carbocycles. The predicted molar refractivity (Wildman–Crippen MR) is 122 cm³/mol. The first-order valence-corrected chi connectivity index (χ1v) is 12.0. The fourth-order valence-corrected chi connectivity index (χ4v) is 5.38. The summed E-state index contributed by atoms with van der Waals surface area (Å²) in [7, 11) is 0. The fraction of sp³-hybridized carbons (Fsp3) is 0.458. The van der Waals surface area contributed by atoms with Crippen molar-refractivity contribution in [2.75, 3.05) is 32.8 Å². The van der Waals surface area contributed by atoms with Crippen molar-refractivity contribution >= 4 is 28.9 Å². The SMILES string of the molecule is CC(=O)c1ccc(C(=O)N2CCC3(CCN(C(=O)COc4ccc(OC(F)(F)F)cc4)C3)CC2)s1. The average Bonchev–Trinajstić information content (AvgIpc) is 3.46. The maximum Gasteiger partial charge on any atom is 0.573 e. The minimum Gasteiger partial charge on any atom is -0.484 e. The van der Waals surface area contributed by atoms with Crippen molar-refractivity contribution in [3.63, 3.8) is 0 Å². The smallest absolute Gasteiger partial charge is 0.484 e. The van der Waals surface area contributed by atoms with Crippen molar-refractivity contribution in [1.82, 2.24) is 9.80 Å². The molecule has 35 heavy (non-hydrogen) atoms. The number of benzene rings is 1. The molecule has 0 N–H and O–H groups in total. The number of Topliss-reactive ketones (excluding diaryl/α,β-unsaturated/α-hetero) is 1. The van der Waals surface area contributed by atoms with E-state index < -0.39 is 6.36 Å². The van der Waals surface area contributed by atoms with Crippen molar-refractivity contribution < 1.29 is 37.0 Å². The number of thiophene rings is 1. The van der Waals surface area contributed by atoms with Crippen LogP contribution < -0.4 is 9.47 Å². The third kappa shape index (κ3) is 6.14. The molecule has 0 saturated carbocycles. The molecular weight excluding hydrogens is 485 g/mol. The van der Waals surface area contributed by atoms with Crippen molar-refractivity contribution in [1.29, 1.82) is 0 Å². The molecular formula is C24H25F3N2O5S. The minimum absolute atomic E-state index is 0.0387. The fourth-order valence-electron chi connectivity index (χ4n) is 4.51. The van der Waals surface area contributed by atoms with E-state index in [-0.39, 0.29) is 41.1 Å². The van der Waals surface area contributed by atoms with Gasteiger partial charge in [-0.05, 0) is 68.0 Å². The Morgan fingerprint density at radius 1 is 0.914 bits per heavy atom. The monoisotopic (exact) mass is 510 g/mol. The molecule has 2 saturated heterocycles. The second-order valence-electron chi connectivity index (χ2n) is 8.89. The summed E-state index contributed by atoms with van der Waals surface area (Å²) >= 11 is 1.21. The topological polar surface area (TPSA) is 76.2 Å². The number of rotatable bonds is 6. The summed E-state index contributed by atoms with van der Waals surface area (Å²) in [5.41, 5.74) is -0.0387. The molecule has 0 radical (unpaired) electrons. The zero-order valence-corrected chi connectivity index (χ0v) is 19.9. The van der Waals surface area contributed by atoms with Crippen LogP contribution in [0.15, 0.2) is 36.4 Å². The van der Waals surface area contributed by atoms with Gasteiger partial charge < -0.3 is 19.3 Å². The Balaban J connectivity index is 1.24. The van der Waals surface area contributed by atoms with Crippen LogP contribution in [0.1, 0.15) is 45.5 Å². The molecule has 3 heterocycles. The minimum atomic E-state index is -4.77. The van der Waals surface area contributed by atoms with Gasteiger partial charge in [-0.25, -0.2) is 0 Å². The van der Waals surface area contributed by atoms with Crippen molar-refractivity contribution in [3.05, 3.63) is 46.2 Å². The number of hydrogen-bond donors (Lipinski definition) is 0. The lowest BCUT2D eigenvalue weighted by atomic mass is 9.78. The van der Waals surface area contributed by atoms with Gasteiger partial charge >= 0.3 is 6.36 Å². The van der Waals surface area contributed by atoms with Gasteiger partial charge in [0.1, 0.15) is 11.5 Å². The Morgan fingerprint density at radius 2 is 1.49 bits per heavy atom. The van der Waals surface area contributed by atoms with Crippen molar-refractivity contribution in [3.8, 4) is 11.5 Å². The van der Waals surface area contributed by atoms with E-state index >= 15 is 0 Å². The lowest BCUT2D eigenvalue weighted by Crippen LogP contribution is -2.44. The van der Waals surface area contributed by atoms with Gasteiger partial charge in [0.25, 0.3) is 11.8 Å². The highest BCUT2D eigenvalue weighted by Crippen LogP contribution is 2.41. The second-order valence-corrected chi connectivity index (χ2v) is 9.97. The predicted octanol–water partition coefficient (Wildman–Crippen LogP) is 4.38. The molecule has 2 aromatic rings. The largest absolute Gasteiger partial charge is 0.573 e. The number of hydrogen-bond acceptors (Lipinski definition) is 6. The van der Waals surface area contributed by atoms with E-state index in [1.165, 1.54) is 30.4 Å². The van der Waals surface area contributed by atoms with Gasteiger partial charge in [0.05, 0.1) is 9.75 Å². The van der Waals surface area contributed by atoms with Gasteiger partial charge in [-0.2, -0.15) is 0 Å². The van der Waals surface area contributed by atoms with Crippen LogP contribution in [0.5, 0.6) is 11.5 Å².